The third-order valence-corrected chi connectivity index (χ3v) is 3.37. The summed E-state index contributed by atoms with van der Waals surface area (Å²) in [6, 6.07) is 4.63. The fraction of sp³-hybridized carbons (Fsp3) is 0.562. The monoisotopic (exact) mass is 327 g/mol. The molecule has 1 rings (SSSR count). The van der Waals surface area contributed by atoms with Crippen LogP contribution < -0.4 is 14.8 Å². The van der Waals surface area contributed by atoms with Crippen LogP contribution in [0.25, 0.3) is 0 Å². The van der Waals surface area contributed by atoms with E-state index >= 15 is 0 Å². The van der Waals surface area contributed by atoms with Crippen molar-refractivity contribution in [2.45, 2.75) is 25.5 Å². The number of rotatable bonds is 10. The van der Waals surface area contributed by atoms with Crippen LogP contribution in [0.1, 0.15) is 23.7 Å². The third-order valence-electron chi connectivity index (χ3n) is 3.37. The van der Waals surface area contributed by atoms with Gasteiger partial charge in [-0.05, 0) is 24.6 Å². The van der Waals surface area contributed by atoms with E-state index < -0.39 is 12.1 Å². The van der Waals surface area contributed by atoms with E-state index in [-0.39, 0.29) is 19.3 Å². The summed E-state index contributed by atoms with van der Waals surface area (Å²) in [5, 5.41) is 22.0. The molecule has 0 aliphatic heterocycles. The zero-order valence-electron chi connectivity index (χ0n) is 13.7. The fourth-order valence-corrected chi connectivity index (χ4v) is 1.92. The minimum absolute atomic E-state index is 0.0207. The maximum Gasteiger partial charge on any atom is 0.337 e. The smallest absolute Gasteiger partial charge is 0.337 e. The van der Waals surface area contributed by atoms with Gasteiger partial charge in [0.2, 0.25) is 0 Å². The molecule has 0 fully saturated rings. The first kappa shape index (κ1) is 19.2. The SMILES string of the molecule is CC[C@@H](CO)NC[C@@H](O)COc1ccc(C(=O)OC)cc1OC. The van der Waals surface area contributed by atoms with Crippen LogP contribution in [0.5, 0.6) is 11.5 Å². The summed E-state index contributed by atoms with van der Waals surface area (Å²) < 4.78 is 15.4. The van der Waals surface area contributed by atoms with Crippen molar-refractivity contribution in [2.75, 3.05) is 34.0 Å². The van der Waals surface area contributed by atoms with E-state index in [2.05, 4.69) is 10.1 Å². The quantitative estimate of drug-likeness (QED) is 0.541. The summed E-state index contributed by atoms with van der Waals surface area (Å²) in [5.41, 5.74) is 0.354. The summed E-state index contributed by atoms with van der Waals surface area (Å²) in [6.07, 6.45) is 0.0352. The first-order valence-electron chi connectivity index (χ1n) is 7.47. The van der Waals surface area contributed by atoms with E-state index in [0.29, 0.717) is 23.6 Å². The predicted octanol–water partition coefficient (Wildman–Crippen LogP) is 0.582. The number of aliphatic hydroxyl groups excluding tert-OH is 2. The van der Waals surface area contributed by atoms with Gasteiger partial charge in [0.15, 0.2) is 11.5 Å². The average molecular weight is 327 g/mol. The first-order valence-corrected chi connectivity index (χ1v) is 7.47. The molecule has 3 N–H and O–H groups in total. The van der Waals surface area contributed by atoms with Gasteiger partial charge in [-0.1, -0.05) is 6.92 Å². The van der Waals surface area contributed by atoms with Crippen LogP contribution in [0.3, 0.4) is 0 Å². The summed E-state index contributed by atoms with van der Waals surface area (Å²) >= 11 is 0. The molecule has 130 valence electrons. The molecule has 7 heteroatoms. The van der Waals surface area contributed by atoms with Crippen LogP contribution in [-0.4, -0.2) is 62.3 Å². The number of hydrogen-bond acceptors (Lipinski definition) is 7. The largest absolute Gasteiger partial charge is 0.493 e. The Labute approximate surface area is 136 Å². The van der Waals surface area contributed by atoms with Gasteiger partial charge in [0.1, 0.15) is 12.7 Å². The highest BCUT2D eigenvalue weighted by Gasteiger charge is 2.14. The molecule has 0 spiro atoms. The second-order valence-electron chi connectivity index (χ2n) is 5.02. The van der Waals surface area contributed by atoms with Gasteiger partial charge >= 0.3 is 5.97 Å². The molecule has 0 bridgehead atoms. The molecule has 0 saturated heterocycles. The number of methoxy groups -OCH3 is 2. The molecule has 7 nitrogen and oxygen atoms in total. The predicted molar refractivity (Wildman–Crippen MR) is 85.0 cm³/mol. The Morgan fingerprint density at radius 3 is 2.61 bits per heavy atom. The number of carbonyl (C=O) groups is 1. The van der Waals surface area contributed by atoms with Gasteiger partial charge in [-0.15, -0.1) is 0 Å². The van der Waals surface area contributed by atoms with Crippen LogP contribution in [0, 0.1) is 0 Å². The van der Waals surface area contributed by atoms with Crippen molar-refractivity contribution in [3.63, 3.8) is 0 Å². The molecule has 1 aromatic rings. The van der Waals surface area contributed by atoms with Gasteiger partial charge in [-0.3, -0.25) is 0 Å². The van der Waals surface area contributed by atoms with Gasteiger partial charge in [0, 0.05) is 12.6 Å². The van der Waals surface area contributed by atoms with Crippen molar-refractivity contribution in [2.24, 2.45) is 0 Å². The van der Waals surface area contributed by atoms with E-state index in [9.17, 15) is 9.90 Å². The molecule has 0 radical (unpaired) electrons. The molecule has 0 aromatic heterocycles. The molecule has 1 aromatic carbocycles. The normalized spacial score (nSPS) is 13.3. The van der Waals surface area contributed by atoms with E-state index in [1.807, 2.05) is 6.92 Å². The number of aliphatic hydroxyl groups is 2. The minimum atomic E-state index is -0.736. The molecule has 0 heterocycles. The zero-order chi connectivity index (χ0) is 17.2. The Balaban J connectivity index is 2.58. The Morgan fingerprint density at radius 2 is 2.04 bits per heavy atom. The molecule has 23 heavy (non-hydrogen) atoms. The minimum Gasteiger partial charge on any atom is -0.493 e. The topological polar surface area (TPSA) is 97.2 Å². The van der Waals surface area contributed by atoms with E-state index in [0.717, 1.165) is 6.42 Å². The molecular formula is C16H25NO6. The lowest BCUT2D eigenvalue weighted by molar-refractivity contribution is 0.0600. The number of carbonyl (C=O) groups excluding carboxylic acids is 1. The van der Waals surface area contributed by atoms with E-state index in [1.54, 1.807) is 12.1 Å². The van der Waals surface area contributed by atoms with Crippen LogP contribution in [0.2, 0.25) is 0 Å². The van der Waals surface area contributed by atoms with Gasteiger partial charge in [-0.25, -0.2) is 4.79 Å². The second-order valence-corrected chi connectivity index (χ2v) is 5.02. The molecule has 2 atom stereocenters. The highest BCUT2D eigenvalue weighted by Crippen LogP contribution is 2.28. The second kappa shape index (κ2) is 10.0. The van der Waals surface area contributed by atoms with Crippen LogP contribution in [0.15, 0.2) is 18.2 Å². The van der Waals surface area contributed by atoms with E-state index in [4.69, 9.17) is 14.6 Å². The van der Waals surface area contributed by atoms with Crippen LogP contribution in [-0.2, 0) is 4.74 Å². The van der Waals surface area contributed by atoms with Crippen molar-refractivity contribution in [1.29, 1.82) is 0 Å². The van der Waals surface area contributed by atoms with Crippen LogP contribution in [0.4, 0.5) is 0 Å². The number of nitrogens with one attached hydrogen (secondary N) is 1. The number of hydrogen-bond donors (Lipinski definition) is 3. The lowest BCUT2D eigenvalue weighted by atomic mass is 10.2. The van der Waals surface area contributed by atoms with Crippen molar-refractivity contribution in [1.82, 2.24) is 5.32 Å². The summed E-state index contributed by atoms with van der Waals surface area (Å²) in [5.74, 6) is 0.344. The fourth-order valence-electron chi connectivity index (χ4n) is 1.92. The van der Waals surface area contributed by atoms with Crippen molar-refractivity contribution in [3.05, 3.63) is 23.8 Å². The highest BCUT2D eigenvalue weighted by atomic mass is 16.5. The molecule has 0 amide bonds. The Bertz CT molecular complexity index is 489. The van der Waals surface area contributed by atoms with Crippen molar-refractivity contribution >= 4 is 5.97 Å². The van der Waals surface area contributed by atoms with Crippen molar-refractivity contribution in [3.8, 4) is 11.5 Å². The molecule has 0 aliphatic rings. The molecule has 0 saturated carbocycles. The lowest BCUT2D eigenvalue weighted by Gasteiger charge is -2.18. The maximum absolute atomic E-state index is 11.5. The summed E-state index contributed by atoms with van der Waals surface area (Å²) in [7, 11) is 2.77. The standard InChI is InChI=1S/C16H25NO6/c1-4-12(9-18)17-8-13(19)10-23-14-6-5-11(16(20)22-3)7-15(14)21-2/h5-7,12-13,17-19H,4,8-10H2,1-3H3/t12-,13+/m0/s1. The van der Waals surface area contributed by atoms with Crippen LogP contribution >= 0.6 is 0 Å². The maximum atomic E-state index is 11.5. The van der Waals surface area contributed by atoms with Crippen molar-refractivity contribution < 1.29 is 29.2 Å². The van der Waals surface area contributed by atoms with Gasteiger partial charge < -0.3 is 29.7 Å². The molecule has 0 unspecified atom stereocenters. The number of esters is 1. The first-order chi connectivity index (χ1) is 11.0. The highest BCUT2D eigenvalue weighted by molar-refractivity contribution is 5.90. The van der Waals surface area contributed by atoms with Gasteiger partial charge in [0.05, 0.1) is 26.4 Å². The zero-order valence-corrected chi connectivity index (χ0v) is 13.7. The lowest BCUT2D eigenvalue weighted by Crippen LogP contribution is -2.39. The summed E-state index contributed by atoms with van der Waals surface area (Å²) in [4.78, 5) is 11.5. The van der Waals surface area contributed by atoms with Gasteiger partial charge in [0.25, 0.3) is 0 Å². The third kappa shape index (κ3) is 6.05. The molecular weight excluding hydrogens is 302 g/mol. The Hall–Kier alpha value is -1.83. The average Bonchev–Trinajstić information content (AvgIpc) is 2.59. The van der Waals surface area contributed by atoms with Gasteiger partial charge in [-0.2, -0.15) is 0 Å². The summed E-state index contributed by atoms with van der Waals surface area (Å²) in [6.45, 7) is 2.34. The Morgan fingerprint density at radius 1 is 1.30 bits per heavy atom. The number of benzene rings is 1. The molecule has 0 aliphatic carbocycles. The number of ether oxygens (including phenoxy) is 3. The Kier molecular flexibility index (Phi) is 8.39. The van der Waals surface area contributed by atoms with E-state index in [1.165, 1.54) is 20.3 Å².